The number of ether oxygens (including phenoxy) is 1. The van der Waals surface area contributed by atoms with Gasteiger partial charge < -0.3 is 9.64 Å². The van der Waals surface area contributed by atoms with Crippen LogP contribution in [0.4, 0.5) is 4.39 Å². The van der Waals surface area contributed by atoms with Crippen molar-refractivity contribution in [2.45, 2.75) is 4.90 Å². The van der Waals surface area contributed by atoms with Crippen molar-refractivity contribution in [3.63, 3.8) is 0 Å². The maximum atomic E-state index is 12.9. The lowest BCUT2D eigenvalue weighted by Crippen LogP contribution is -2.50. The van der Waals surface area contributed by atoms with Gasteiger partial charge >= 0.3 is 0 Å². The highest BCUT2D eigenvalue weighted by Crippen LogP contribution is 2.20. The van der Waals surface area contributed by atoms with Crippen LogP contribution in [0.15, 0.2) is 59.5 Å². The van der Waals surface area contributed by atoms with Gasteiger partial charge in [0.1, 0.15) is 11.6 Å². The number of rotatable bonds is 5. The number of amides is 1. The van der Waals surface area contributed by atoms with Gasteiger partial charge in [0, 0.05) is 32.3 Å². The summed E-state index contributed by atoms with van der Waals surface area (Å²) < 4.78 is 44.8. The molecule has 1 amide bonds. The Labute approximate surface area is 163 Å². The Bertz CT molecular complexity index is 949. The molecule has 148 valence electrons. The number of hydrogen-bond acceptors (Lipinski definition) is 4. The smallest absolute Gasteiger partial charge is 0.246 e. The summed E-state index contributed by atoms with van der Waals surface area (Å²) in [5, 5.41) is 0. The lowest BCUT2D eigenvalue weighted by molar-refractivity contribution is -0.127. The number of hydrogen-bond donors (Lipinski definition) is 0. The molecule has 6 nitrogen and oxygen atoms in total. The topological polar surface area (TPSA) is 66.9 Å². The molecule has 0 N–H and O–H groups in total. The average Bonchev–Trinajstić information content (AvgIpc) is 2.73. The highest BCUT2D eigenvalue weighted by Gasteiger charge is 2.29. The van der Waals surface area contributed by atoms with Crippen LogP contribution in [0.2, 0.25) is 0 Å². The maximum absolute atomic E-state index is 12.9. The first kappa shape index (κ1) is 20.0. The maximum Gasteiger partial charge on any atom is 0.246 e. The number of halogens is 1. The van der Waals surface area contributed by atoms with Crippen molar-refractivity contribution >= 4 is 22.0 Å². The predicted molar refractivity (Wildman–Crippen MR) is 104 cm³/mol. The molecule has 0 atom stereocenters. The third kappa shape index (κ3) is 4.58. The van der Waals surface area contributed by atoms with E-state index in [1.807, 2.05) is 0 Å². The van der Waals surface area contributed by atoms with E-state index in [4.69, 9.17) is 4.74 Å². The number of nitrogens with zero attached hydrogens (tertiary/aromatic N) is 2. The van der Waals surface area contributed by atoms with Crippen LogP contribution in [-0.4, -0.2) is 56.8 Å². The Hall–Kier alpha value is -2.71. The van der Waals surface area contributed by atoms with Crippen LogP contribution in [-0.2, 0) is 14.8 Å². The van der Waals surface area contributed by atoms with Crippen molar-refractivity contribution in [3.8, 4) is 5.75 Å². The zero-order chi connectivity index (χ0) is 20.1. The van der Waals surface area contributed by atoms with Gasteiger partial charge in [0.25, 0.3) is 0 Å². The molecule has 0 aliphatic carbocycles. The van der Waals surface area contributed by atoms with Crippen LogP contribution in [0.1, 0.15) is 5.56 Å². The third-order valence-electron chi connectivity index (χ3n) is 4.54. The van der Waals surface area contributed by atoms with Crippen LogP contribution in [0.3, 0.4) is 0 Å². The van der Waals surface area contributed by atoms with Crippen molar-refractivity contribution in [1.29, 1.82) is 0 Å². The monoisotopic (exact) mass is 404 g/mol. The number of carbonyl (C=O) groups is 1. The van der Waals surface area contributed by atoms with E-state index in [0.29, 0.717) is 18.8 Å². The van der Waals surface area contributed by atoms with E-state index in [2.05, 4.69) is 0 Å². The number of sulfonamides is 1. The molecule has 0 saturated carbocycles. The first-order valence-corrected chi connectivity index (χ1v) is 10.2. The second-order valence-corrected chi connectivity index (χ2v) is 8.23. The van der Waals surface area contributed by atoms with Crippen LogP contribution in [0, 0.1) is 5.82 Å². The minimum Gasteiger partial charge on any atom is -0.497 e. The Morgan fingerprint density at radius 3 is 2.18 bits per heavy atom. The lowest BCUT2D eigenvalue weighted by Gasteiger charge is -2.33. The molecule has 0 spiro atoms. The van der Waals surface area contributed by atoms with Gasteiger partial charge in [0.2, 0.25) is 15.9 Å². The second kappa shape index (κ2) is 8.53. The van der Waals surface area contributed by atoms with Crippen molar-refractivity contribution < 1.29 is 22.3 Å². The fraction of sp³-hybridized carbons (Fsp3) is 0.250. The van der Waals surface area contributed by atoms with Crippen LogP contribution in [0.25, 0.3) is 6.08 Å². The molecule has 1 aliphatic rings. The minimum absolute atomic E-state index is 0.198. The number of methoxy groups -OCH3 is 1. The Morgan fingerprint density at radius 2 is 1.61 bits per heavy atom. The molecule has 2 aromatic rings. The van der Waals surface area contributed by atoms with Gasteiger partial charge in [-0.15, -0.1) is 0 Å². The first-order chi connectivity index (χ1) is 13.4. The Kier molecular flexibility index (Phi) is 6.11. The zero-order valence-corrected chi connectivity index (χ0v) is 16.2. The minimum atomic E-state index is -3.61. The average molecular weight is 404 g/mol. The molecule has 1 saturated heterocycles. The van der Waals surface area contributed by atoms with Crippen molar-refractivity contribution in [2.24, 2.45) is 0 Å². The highest BCUT2D eigenvalue weighted by atomic mass is 32.2. The molecular formula is C20H21FN2O4S. The highest BCUT2D eigenvalue weighted by molar-refractivity contribution is 7.89. The van der Waals surface area contributed by atoms with E-state index in [1.165, 1.54) is 41.8 Å². The Balaban J connectivity index is 1.59. The van der Waals surface area contributed by atoms with Gasteiger partial charge in [-0.25, -0.2) is 12.8 Å². The molecule has 0 radical (unpaired) electrons. The third-order valence-corrected chi connectivity index (χ3v) is 6.45. The summed E-state index contributed by atoms with van der Waals surface area (Å²) in [4.78, 5) is 14.1. The summed E-state index contributed by atoms with van der Waals surface area (Å²) in [6.45, 7) is 1.07. The van der Waals surface area contributed by atoms with E-state index >= 15 is 0 Å². The zero-order valence-electron chi connectivity index (χ0n) is 15.4. The molecule has 0 bridgehead atoms. The van der Waals surface area contributed by atoms with E-state index in [-0.39, 0.29) is 29.7 Å². The summed E-state index contributed by atoms with van der Waals surface area (Å²) >= 11 is 0. The van der Waals surface area contributed by atoms with Crippen LogP contribution in [0.5, 0.6) is 5.75 Å². The summed E-state index contributed by atoms with van der Waals surface area (Å²) in [6.07, 6.45) is 3.03. The van der Waals surface area contributed by atoms with Gasteiger partial charge in [0.05, 0.1) is 12.0 Å². The van der Waals surface area contributed by atoms with Gasteiger partial charge in [-0.05, 0) is 48.0 Å². The SMILES string of the molecule is COc1ccc(S(=O)(=O)N2CCN(C(=O)C=Cc3ccc(F)cc3)CC2)cc1. The van der Waals surface area contributed by atoms with Gasteiger partial charge in [-0.1, -0.05) is 12.1 Å². The molecule has 0 aromatic heterocycles. The van der Waals surface area contributed by atoms with Crippen LogP contribution < -0.4 is 4.74 Å². The quantitative estimate of drug-likeness (QED) is 0.718. The lowest BCUT2D eigenvalue weighted by atomic mass is 10.2. The molecule has 2 aromatic carbocycles. The van der Waals surface area contributed by atoms with Crippen LogP contribution >= 0.6 is 0 Å². The number of piperazine rings is 1. The number of carbonyl (C=O) groups excluding carboxylic acids is 1. The Morgan fingerprint density at radius 1 is 1.00 bits per heavy atom. The predicted octanol–water partition coefficient (Wildman–Crippen LogP) is 2.38. The molecule has 1 fully saturated rings. The fourth-order valence-corrected chi connectivity index (χ4v) is 4.31. The van der Waals surface area contributed by atoms with Gasteiger partial charge in [-0.2, -0.15) is 4.31 Å². The van der Waals surface area contributed by atoms with Crippen molar-refractivity contribution in [2.75, 3.05) is 33.3 Å². The van der Waals surface area contributed by atoms with Gasteiger partial charge in [0.15, 0.2) is 0 Å². The molecule has 3 rings (SSSR count). The molecule has 1 heterocycles. The molecule has 8 heteroatoms. The summed E-state index contributed by atoms with van der Waals surface area (Å²) in [7, 11) is -2.09. The normalized spacial score (nSPS) is 15.7. The molecule has 28 heavy (non-hydrogen) atoms. The standard InChI is InChI=1S/C20H21FN2O4S/c1-27-18-7-9-19(10-8-18)28(25,26)23-14-12-22(13-15-23)20(24)11-4-16-2-5-17(21)6-3-16/h2-11H,12-15H2,1H3. The summed E-state index contributed by atoms with van der Waals surface area (Å²) in [5.74, 6) is 0.0470. The largest absolute Gasteiger partial charge is 0.497 e. The van der Waals surface area contributed by atoms with E-state index < -0.39 is 10.0 Å². The van der Waals surface area contributed by atoms with Gasteiger partial charge in [-0.3, -0.25) is 4.79 Å². The van der Waals surface area contributed by atoms with E-state index in [0.717, 1.165) is 5.56 Å². The fourth-order valence-electron chi connectivity index (χ4n) is 2.89. The summed E-state index contributed by atoms with van der Waals surface area (Å²) in [5.41, 5.74) is 0.718. The number of benzene rings is 2. The van der Waals surface area contributed by atoms with Crippen molar-refractivity contribution in [1.82, 2.24) is 9.21 Å². The molecule has 1 aliphatic heterocycles. The second-order valence-electron chi connectivity index (χ2n) is 6.29. The van der Waals surface area contributed by atoms with E-state index in [1.54, 1.807) is 35.2 Å². The molecule has 0 unspecified atom stereocenters. The summed E-state index contributed by atoms with van der Waals surface area (Å²) in [6, 6.07) is 12.0. The van der Waals surface area contributed by atoms with E-state index in [9.17, 15) is 17.6 Å². The van der Waals surface area contributed by atoms with Crippen molar-refractivity contribution in [3.05, 3.63) is 66.0 Å². The first-order valence-electron chi connectivity index (χ1n) is 8.77. The molecular weight excluding hydrogens is 383 g/mol.